The third-order valence-corrected chi connectivity index (χ3v) is 6.71. The van der Waals surface area contributed by atoms with E-state index in [4.69, 9.17) is 0 Å². The molecule has 1 amide bonds. The second kappa shape index (κ2) is 11.0. The molecule has 0 fully saturated rings. The fourth-order valence-electron chi connectivity index (χ4n) is 3.81. The van der Waals surface area contributed by atoms with E-state index in [-0.39, 0.29) is 18.1 Å². The van der Waals surface area contributed by atoms with Gasteiger partial charge in [-0.1, -0.05) is 62.4 Å². The van der Waals surface area contributed by atoms with Crippen molar-refractivity contribution in [3.05, 3.63) is 71.9 Å². The van der Waals surface area contributed by atoms with Gasteiger partial charge in [-0.3, -0.25) is 4.79 Å². The van der Waals surface area contributed by atoms with E-state index in [1.54, 1.807) is 36.5 Å². The van der Waals surface area contributed by atoms with Crippen LogP contribution in [0.2, 0.25) is 0 Å². The van der Waals surface area contributed by atoms with Gasteiger partial charge in [-0.05, 0) is 36.0 Å². The summed E-state index contributed by atoms with van der Waals surface area (Å²) in [5, 5.41) is 22.9. The number of benzene rings is 2. The van der Waals surface area contributed by atoms with Gasteiger partial charge < -0.3 is 20.3 Å². The molecule has 8 nitrogen and oxygen atoms in total. The first-order valence-corrected chi connectivity index (χ1v) is 12.6. The van der Waals surface area contributed by atoms with Crippen molar-refractivity contribution in [2.24, 2.45) is 5.92 Å². The van der Waals surface area contributed by atoms with E-state index in [0.717, 1.165) is 16.5 Å². The van der Waals surface area contributed by atoms with Crippen molar-refractivity contribution in [1.29, 1.82) is 0 Å². The molecule has 176 valence electrons. The van der Waals surface area contributed by atoms with E-state index in [1.807, 2.05) is 38.1 Å². The van der Waals surface area contributed by atoms with E-state index >= 15 is 0 Å². The number of H-pyrrole nitrogens is 1. The highest BCUT2D eigenvalue weighted by Gasteiger charge is 2.31. The second-order valence-electron chi connectivity index (χ2n) is 8.64. The van der Waals surface area contributed by atoms with Gasteiger partial charge >= 0.3 is 7.12 Å². The van der Waals surface area contributed by atoms with Gasteiger partial charge in [-0.15, -0.1) is 0 Å². The molecule has 3 rings (SSSR count). The minimum Gasteiger partial charge on any atom is -0.426 e. The number of sulfonamides is 1. The predicted molar refractivity (Wildman–Crippen MR) is 130 cm³/mol. The molecule has 1 aromatic heterocycles. The molecule has 0 spiro atoms. The Kier molecular flexibility index (Phi) is 8.31. The van der Waals surface area contributed by atoms with Crippen molar-refractivity contribution in [2.75, 3.05) is 0 Å². The number of aromatic nitrogens is 1. The van der Waals surface area contributed by atoms with Crippen LogP contribution in [0, 0.1) is 5.92 Å². The van der Waals surface area contributed by atoms with Crippen molar-refractivity contribution in [2.45, 2.75) is 44.4 Å². The third-order valence-electron chi connectivity index (χ3n) is 5.35. The van der Waals surface area contributed by atoms with Crippen LogP contribution in [0.1, 0.15) is 31.4 Å². The van der Waals surface area contributed by atoms with Crippen LogP contribution in [0.25, 0.3) is 10.9 Å². The van der Waals surface area contributed by atoms with E-state index in [1.165, 1.54) is 0 Å². The Hall–Kier alpha value is -2.66. The van der Waals surface area contributed by atoms with E-state index in [2.05, 4.69) is 15.0 Å². The first-order valence-electron chi connectivity index (χ1n) is 10.9. The molecule has 0 saturated carbocycles. The minimum absolute atomic E-state index is 0.0962. The van der Waals surface area contributed by atoms with Crippen LogP contribution in [0.15, 0.2) is 60.8 Å². The van der Waals surface area contributed by atoms with Crippen LogP contribution >= 0.6 is 0 Å². The first kappa shape index (κ1) is 25.0. The fraction of sp³-hybridized carbons (Fsp3) is 0.348. The number of amides is 1. The molecular weight excluding hydrogens is 441 g/mol. The lowest BCUT2D eigenvalue weighted by atomic mass is 9.75. The average Bonchev–Trinajstić information content (AvgIpc) is 3.15. The topological polar surface area (TPSA) is 132 Å². The Balaban J connectivity index is 1.85. The summed E-state index contributed by atoms with van der Waals surface area (Å²) in [5.41, 5.74) is 2.25. The number of hydrogen-bond acceptors (Lipinski definition) is 5. The Labute approximate surface area is 194 Å². The zero-order valence-corrected chi connectivity index (χ0v) is 19.5. The zero-order valence-electron chi connectivity index (χ0n) is 18.7. The summed E-state index contributed by atoms with van der Waals surface area (Å²) in [6, 6.07) is 15.1. The maximum Gasteiger partial charge on any atom is 0.475 e. The summed E-state index contributed by atoms with van der Waals surface area (Å²) in [7, 11) is -5.62. The van der Waals surface area contributed by atoms with Gasteiger partial charge in [0, 0.05) is 17.1 Å². The SMILES string of the molecule is CC(C)C[C@H](NC(=O)[C@H](Cc1c[nH]c2ccccc12)NS(=O)(=O)Cc1ccccc1)B(O)O. The molecule has 5 N–H and O–H groups in total. The summed E-state index contributed by atoms with van der Waals surface area (Å²) in [5.74, 6) is -1.71. The summed E-state index contributed by atoms with van der Waals surface area (Å²) >= 11 is 0. The van der Waals surface area contributed by atoms with Gasteiger partial charge in [-0.2, -0.15) is 0 Å². The van der Waals surface area contributed by atoms with Crippen molar-refractivity contribution >= 4 is 34.0 Å². The number of carbonyl (C=O) groups is 1. The van der Waals surface area contributed by atoms with E-state index in [9.17, 15) is 23.3 Å². The average molecular weight is 471 g/mol. The molecule has 1 heterocycles. The van der Waals surface area contributed by atoms with Crippen LogP contribution in [0.4, 0.5) is 0 Å². The molecule has 3 aromatic rings. The normalized spacial score (nSPS) is 13.7. The fourth-order valence-corrected chi connectivity index (χ4v) is 5.15. The van der Waals surface area contributed by atoms with Gasteiger partial charge in [0.1, 0.15) is 6.04 Å². The maximum atomic E-state index is 13.2. The Bertz CT molecular complexity index is 1170. The summed E-state index contributed by atoms with van der Waals surface area (Å²) in [6.07, 6.45) is 2.18. The Morgan fingerprint density at radius 2 is 1.73 bits per heavy atom. The number of fused-ring (bicyclic) bond motifs is 1. The number of hydrogen-bond donors (Lipinski definition) is 5. The van der Waals surface area contributed by atoms with Crippen LogP contribution in [-0.2, 0) is 27.0 Å². The molecule has 0 saturated heterocycles. The lowest BCUT2D eigenvalue weighted by Crippen LogP contribution is -2.55. The molecule has 2 aromatic carbocycles. The molecule has 33 heavy (non-hydrogen) atoms. The highest BCUT2D eigenvalue weighted by Crippen LogP contribution is 2.20. The summed E-state index contributed by atoms with van der Waals surface area (Å²) in [6.45, 7) is 3.79. The summed E-state index contributed by atoms with van der Waals surface area (Å²) < 4.78 is 28.3. The number of carbonyl (C=O) groups excluding carboxylic acids is 1. The number of rotatable bonds is 11. The lowest BCUT2D eigenvalue weighted by Gasteiger charge is -2.24. The minimum atomic E-state index is -3.86. The number of para-hydroxylation sites is 1. The second-order valence-corrected chi connectivity index (χ2v) is 10.4. The first-order chi connectivity index (χ1) is 15.6. The Morgan fingerprint density at radius 1 is 1.06 bits per heavy atom. The summed E-state index contributed by atoms with van der Waals surface area (Å²) in [4.78, 5) is 16.3. The molecular formula is C23H30BN3O5S. The molecule has 0 aliphatic heterocycles. The van der Waals surface area contributed by atoms with Gasteiger partial charge in [0.25, 0.3) is 0 Å². The number of nitrogens with one attached hydrogen (secondary N) is 3. The lowest BCUT2D eigenvalue weighted by molar-refractivity contribution is -0.123. The maximum absolute atomic E-state index is 13.2. The zero-order chi connectivity index (χ0) is 24.0. The van der Waals surface area contributed by atoms with E-state index in [0.29, 0.717) is 12.0 Å². The van der Waals surface area contributed by atoms with Gasteiger partial charge in [-0.25, -0.2) is 13.1 Å². The highest BCUT2D eigenvalue weighted by atomic mass is 32.2. The quantitative estimate of drug-likeness (QED) is 0.272. The van der Waals surface area contributed by atoms with Crippen molar-refractivity contribution < 1.29 is 23.3 Å². The molecule has 2 atom stereocenters. The van der Waals surface area contributed by atoms with Crippen LogP contribution in [0.3, 0.4) is 0 Å². The van der Waals surface area contributed by atoms with Crippen molar-refractivity contribution in [1.82, 2.24) is 15.0 Å². The predicted octanol–water partition coefficient (Wildman–Crippen LogP) is 1.74. The largest absolute Gasteiger partial charge is 0.475 e. The van der Waals surface area contributed by atoms with Crippen LogP contribution in [-0.4, -0.2) is 48.5 Å². The highest BCUT2D eigenvalue weighted by molar-refractivity contribution is 7.88. The molecule has 0 aliphatic carbocycles. The van der Waals surface area contributed by atoms with Crippen molar-refractivity contribution in [3.8, 4) is 0 Å². The monoisotopic (exact) mass is 471 g/mol. The van der Waals surface area contributed by atoms with Crippen LogP contribution < -0.4 is 10.0 Å². The molecule has 0 unspecified atom stereocenters. The number of aromatic amines is 1. The van der Waals surface area contributed by atoms with E-state index < -0.39 is 35.0 Å². The smallest absolute Gasteiger partial charge is 0.426 e. The molecule has 10 heteroatoms. The molecule has 0 radical (unpaired) electrons. The Morgan fingerprint density at radius 3 is 2.39 bits per heavy atom. The standard InChI is InChI=1S/C23H30BN3O5S/c1-16(2)12-22(24(29)30)26-23(28)21(13-18-14-25-20-11-7-6-10-19(18)20)27-33(31,32)15-17-8-4-3-5-9-17/h3-11,14,16,21-22,25,27,29-30H,12-13,15H2,1-2H3,(H,26,28)/t21-,22-/m0/s1. The van der Waals surface area contributed by atoms with Crippen LogP contribution in [0.5, 0.6) is 0 Å². The third kappa shape index (κ3) is 7.16. The van der Waals surface area contributed by atoms with Crippen molar-refractivity contribution in [3.63, 3.8) is 0 Å². The van der Waals surface area contributed by atoms with Gasteiger partial charge in [0.05, 0.1) is 11.7 Å². The van der Waals surface area contributed by atoms with Gasteiger partial charge in [0.15, 0.2) is 0 Å². The molecule has 0 aliphatic rings. The van der Waals surface area contributed by atoms with Gasteiger partial charge in [0.2, 0.25) is 15.9 Å². The molecule has 0 bridgehead atoms.